The zero-order chi connectivity index (χ0) is 18.5. The predicted octanol–water partition coefficient (Wildman–Crippen LogP) is 6.53. The second-order valence-electron chi connectivity index (χ2n) is 7.38. The summed E-state index contributed by atoms with van der Waals surface area (Å²) < 4.78 is 0. The summed E-state index contributed by atoms with van der Waals surface area (Å²) in [6, 6.07) is 21.8. The van der Waals surface area contributed by atoms with Crippen LogP contribution in [-0.2, 0) is 0 Å². The van der Waals surface area contributed by atoms with Crippen LogP contribution in [-0.4, -0.2) is 9.97 Å². The highest BCUT2D eigenvalue weighted by Crippen LogP contribution is 2.35. The molecule has 1 heterocycles. The van der Waals surface area contributed by atoms with Crippen molar-refractivity contribution in [3.8, 4) is 11.3 Å². The van der Waals surface area contributed by atoms with Crippen molar-refractivity contribution in [2.24, 2.45) is 0 Å². The van der Waals surface area contributed by atoms with Crippen molar-refractivity contribution in [3.05, 3.63) is 83.7 Å². The standard InChI is InChI=1S/C25H20N2/c1-15-10-16(2)12-19(11-15)25-23-13-22-20(17(3)24(23)26-14-27-25)9-8-18-6-4-5-7-21(18)22/h4-14H,1-3H3. The molecule has 0 aliphatic heterocycles. The lowest BCUT2D eigenvalue weighted by molar-refractivity contribution is 1.21. The molecule has 0 amide bonds. The summed E-state index contributed by atoms with van der Waals surface area (Å²) in [4.78, 5) is 9.31. The van der Waals surface area contributed by atoms with E-state index in [1.807, 2.05) is 0 Å². The second-order valence-corrected chi connectivity index (χ2v) is 7.38. The van der Waals surface area contributed by atoms with Crippen LogP contribution >= 0.6 is 0 Å². The van der Waals surface area contributed by atoms with E-state index in [4.69, 9.17) is 0 Å². The summed E-state index contributed by atoms with van der Waals surface area (Å²) >= 11 is 0. The molecule has 2 heteroatoms. The molecule has 0 saturated carbocycles. The largest absolute Gasteiger partial charge is 0.236 e. The molecule has 0 atom stereocenters. The Morgan fingerprint density at radius 2 is 1.41 bits per heavy atom. The summed E-state index contributed by atoms with van der Waals surface area (Å²) in [6.07, 6.45) is 1.69. The summed E-state index contributed by atoms with van der Waals surface area (Å²) in [5.74, 6) is 0. The second kappa shape index (κ2) is 5.88. The number of aromatic nitrogens is 2. The van der Waals surface area contributed by atoms with E-state index in [2.05, 4.69) is 91.4 Å². The van der Waals surface area contributed by atoms with Gasteiger partial charge in [-0.05, 0) is 66.1 Å². The van der Waals surface area contributed by atoms with E-state index in [1.54, 1.807) is 6.33 Å². The number of aryl methyl sites for hydroxylation is 3. The molecule has 0 aliphatic rings. The Balaban J connectivity index is 1.95. The fourth-order valence-electron chi connectivity index (χ4n) is 4.22. The van der Waals surface area contributed by atoms with Crippen LogP contribution in [0.4, 0.5) is 0 Å². The Morgan fingerprint density at radius 1 is 0.630 bits per heavy atom. The minimum atomic E-state index is 1.00. The molecule has 5 rings (SSSR count). The molecule has 0 fully saturated rings. The minimum absolute atomic E-state index is 1.00. The number of fused-ring (bicyclic) bond motifs is 4. The topological polar surface area (TPSA) is 25.8 Å². The van der Waals surface area contributed by atoms with Crippen LogP contribution in [0.3, 0.4) is 0 Å². The molecule has 5 aromatic rings. The van der Waals surface area contributed by atoms with E-state index in [0.717, 1.165) is 22.2 Å². The average molecular weight is 348 g/mol. The van der Waals surface area contributed by atoms with E-state index in [1.165, 1.54) is 38.2 Å². The molecule has 0 radical (unpaired) electrons. The van der Waals surface area contributed by atoms with E-state index >= 15 is 0 Å². The van der Waals surface area contributed by atoms with Gasteiger partial charge >= 0.3 is 0 Å². The molecule has 0 bridgehead atoms. The molecule has 4 aromatic carbocycles. The van der Waals surface area contributed by atoms with Crippen molar-refractivity contribution in [1.29, 1.82) is 0 Å². The number of rotatable bonds is 1. The highest BCUT2D eigenvalue weighted by atomic mass is 14.8. The van der Waals surface area contributed by atoms with Gasteiger partial charge in [-0.3, -0.25) is 0 Å². The molecule has 27 heavy (non-hydrogen) atoms. The van der Waals surface area contributed by atoms with Crippen molar-refractivity contribution in [2.45, 2.75) is 20.8 Å². The highest BCUT2D eigenvalue weighted by molar-refractivity contribution is 6.15. The maximum absolute atomic E-state index is 4.68. The summed E-state index contributed by atoms with van der Waals surface area (Å²) in [7, 11) is 0. The zero-order valence-corrected chi connectivity index (χ0v) is 15.7. The lowest BCUT2D eigenvalue weighted by Crippen LogP contribution is -1.94. The smallest absolute Gasteiger partial charge is 0.116 e. The van der Waals surface area contributed by atoms with Gasteiger partial charge in [0.2, 0.25) is 0 Å². The molecular weight excluding hydrogens is 328 g/mol. The van der Waals surface area contributed by atoms with Crippen molar-refractivity contribution in [2.75, 3.05) is 0 Å². The molecule has 0 aliphatic carbocycles. The van der Waals surface area contributed by atoms with Crippen LogP contribution < -0.4 is 0 Å². The third-order valence-electron chi connectivity index (χ3n) is 5.40. The van der Waals surface area contributed by atoms with Gasteiger partial charge in [-0.25, -0.2) is 9.97 Å². The Labute approximate surface area is 158 Å². The monoisotopic (exact) mass is 348 g/mol. The van der Waals surface area contributed by atoms with Gasteiger partial charge in [0.25, 0.3) is 0 Å². The van der Waals surface area contributed by atoms with Crippen molar-refractivity contribution in [3.63, 3.8) is 0 Å². The Morgan fingerprint density at radius 3 is 2.22 bits per heavy atom. The van der Waals surface area contributed by atoms with Crippen LogP contribution in [0.25, 0.3) is 43.7 Å². The van der Waals surface area contributed by atoms with Gasteiger partial charge in [0.15, 0.2) is 0 Å². The van der Waals surface area contributed by atoms with E-state index in [9.17, 15) is 0 Å². The lowest BCUT2D eigenvalue weighted by atomic mass is 9.94. The molecule has 0 unspecified atom stereocenters. The van der Waals surface area contributed by atoms with Gasteiger partial charge in [0.1, 0.15) is 6.33 Å². The molecule has 0 N–H and O–H groups in total. The van der Waals surface area contributed by atoms with E-state index in [-0.39, 0.29) is 0 Å². The van der Waals surface area contributed by atoms with E-state index < -0.39 is 0 Å². The number of benzene rings is 4. The third kappa shape index (κ3) is 2.48. The predicted molar refractivity (Wildman–Crippen MR) is 114 cm³/mol. The number of nitrogens with zero attached hydrogens (tertiary/aromatic N) is 2. The van der Waals surface area contributed by atoms with Gasteiger partial charge < -0.3 is 0 Å². The van der Waals surface area contributed by atoms with Crippen molar-refractivity contribution >= 4 is 32.4 Å². The molecule has 1 aromatic heterocycles. The SMILES string of the molecule is Cc1cc(C)cc(-c2ncnc3c(C)c4ccc5ccccc5c4cc23)c1. The molecular formula is C25H20N2. The normalized spacial score (nSPS) is 11.5. The molecule has 130 valence electrons. The van der Waals surface area contributed by atoms with Gasteiger partial charge in [-0.15, -0.1) is 0 Å². The summed E-state index contributed by atoms with van der Waals surface area (Å²) in [5.41, 5.74) is 6.89. The van der Waals surface area contributed by atoms with E-state index in [0.29, 0.717) is 0 Å². The first kappa shape index (κ1) is 16.0. The first-order valence-corrected chi connectivity index (χ1v) is 9.26. The van der Waals surface area contributed by atoms with Crippen LogP contribution in [0.2, 0.25) is 0 Å². The first-order valence-electron chi connectivity index (χ1n) is 9.26. The highest BCUT2D eigenvalue weighted by Gasteiger charge is 2.13. The van der Waals surface area contributed by atoms with Crippen molar-refractivity contribution in [1.82, 2.24) is 9.97 Å². The fraction of sp³-hybridized carbons (Fsp3) is 0.120. The summed E-state index contributed by atoms with van der Waals surface area (Å²) in [6.45, 7) is 6.43. The number of hydrogen-bond donors (Lipinski definition) is 0. The molecule has 0 spiro atoms. The number of hydrogen-bond acceptors (Lipinski definition) is 2. The Hall–Kier alpha value is -3.26. The average Bonchev–Trinajstić information content (AvgIpc) is 2.67. The van der Waals surface area contributed by atoms with Gasteiger partial charge in [0.05, 0.1) is 11.2 Å². The summed E-state index contributed by atoms with van der Waals surface area (Å²) in [5, 5.41) is 6.16. The maximum Gasteiger partial charge on any atom is 0.116 e. The third-order valence-corrected chi connectivity index (χ3v) is 5.40. The van der Waals surface area contributed by atoms with Crippen LogP contribution in [0, 0.1) is 20.8 Å². The zero-order valence-electron chi connectivity index (χ0n) is 15.7. The minimum Gasteiger partial charge on any atom is -0.236 e. The van der Waals surface area contributed by atoms with Gasteiger partial charge in [0, 0.05) is 10.9 Å². The van der Waals surface area contributed by atoms with Crippen LogP contribution in [0.15, 0.2) is 67.0 Å². The first-order chi connectivity index (χ1) is 13.1. The maximum atomic E-state index is 4.68. The Kier molecular flexibility index (Phi) is 3.48. The fourth-order valence-corrected chi connectivity index (χ4v) is 4.22. The lowest BCUT2D eigenvalue weighted by Gasteiger charge is -2.13. The van der Waals surface area contributed by atoms with Gasteiger partial charge in [-0.2, -0.15) is 0 Å². The Bertz CT molecular complexity index is 1330. The van der Waals surface area contributed by atoms with Crippen LogP contribution in [0.5, 0.6) is 0 Å². The quantitative estimate of drug-likeness (QED) is 0.254. The van der Waals surface area contributed by atoms with Crippen LogP contribution in [0.1, 0.15) is 16.7 Å². The van der Waals surface area contributed by atoms with Crippen molar-refractivity contribution < 1.29 is 0 Å². The van der Waals surface area contributed by atoms with Gasteiger partial charge in [-0.1, -0.05) is 53.6 Å². The molecule has 2 nitrogen and oxygen atoms in total. The molecule has 0 saturated heterocycles.